The fourth-order valence-corrected chi connectivity index (χ4v) is 2.53. The van der Waals surface area contributed by atoms with Gasteiger partial charge in [-0.25, -0.2) is 9.78 Å². The lowest BCUT2D eigenvalue weighted by Crippen LogP contribution is -2.46. The highest BCUT2D eigenvalue weighted by atomic mass is 16.5. The first-order valence-electron chi connectivity index (χ1n) is 8.58. The first-order chi connectivity index (χ1) is 12.8. The standard InChI is InChI=1S/C19H23N3O5/c1-4-12(2)18(19(25)26)21-16(23)11-22-10-15(20-9-17(22)24)13-5-7-14(27-3)8-6-13/h5-10,12,18H,4,11H2,1-3H3,(H,21,23)(H,25,26)/t12-,18-/m1/s1. The van der Waals surface area contributed by atoms with Gasteiger partial charge in [-0.15, -0.1) is 0 Å². The number of methoxy groups -OCH3 is 1. The van der Waals surface area contributed by atoms with E-state index in [0.29, 0.717) is 17.9 Å². The van der Waals surface area contributed by atoms with Gasteiger partial charge in [-0.05, 0) is 30.2 Å². The third-order valence-corrected chi connectivity index (χ3v) is 4.37. The van der Waals surface area contributed by atoms with Crippen molar-refractivity contribution in [1.82, 2.24) is 14.9 Å². The molecule has 1 aromatic carbocycles. The van der Waals surface area contributed by atoms with Crippen LogP contribution in [0.5, 0.6) is 5.75 Å². The zero-order valence-electron chi connectivity index (χ0n) is 15.5. The molecule has 1 aromatic heterocycles. The Labute approximate surface area is 156 Å². The van der Waals surface area contributed by atoms with Gasteiger partial charge >= 0.3 is 5.97 Å². The van der Waals surface area contributed by atoms with E-state index in [0.717, 1.165) is 11.8 Å². The molecule has 2 rings (SSSR count). The summed E-state index contributed by atoms with van der Waals surface area (Å²) >= 11 is 0. The number of carbonyl (C=O) groups is 2. The van der Waals surface area contributed by atoms with E-state index in [4.69, 9.17) is 4.74 Å². The summed E-state index contributed by atoms with van der Waals surface area (Å²) in [7, 11) is 1.57. The number of aliphatic carboxylic acids is 1. The molecule has 1 heterocycles. The number of ether oxygens (including phenoxy) is 1. The van der Waals surface area contributed by atoms with E-state index < -0.39 is 23.5 Å². The van der Waals surface area contributed by atoms with Gasteiger partial charge in [-0.3, -0.25) is 9.59 Å². The van der Waals surface area contributed by atoms with Gasteiger partial charge in [-0.1, -0.05) is 20.3 Å². The molecule has 2 aromatic rings. The fraction of sp³-hybridized carbons (Fsp3) is 0.368. The third-order valence-electron chi connectivity index (χ3n) is 4.37. The van der Waals surface area contributed by atoms with Gasteiger partial charge in [0.1, 0.15) is 18.3 Å². The van der Waals surface area contributed by atoms with Gasteiger partial charge in [0, 0.05) is 11.8 Å². The number of carbonyl (C=O) groups excluding carboxylic acids is 1. The van der Waals surface area contributed by atoms with Crippen LogP contribution in [0, 0.1) is 5.92 Å². The van der Waals surface area contributed by atoms with Gasteiger partial charge in [0.25, 0.3) is 5.56 Å². The summed E-state index contributed by atoms with van der Waals surface area (Å²) in [4.78, 5) is 39.7. The Morgan fingerprint density at radius 2 is 1.96 bits per heavy atom. The van der Waals surface area contributed by atoms with E-state index in [-0.39, 0.29) is 12.5 Å². The summed E-state index contributed by atoms with van der Waals surface area (Å²) in [5.41, 5.74) is 0.826. The van der Waals surface area contributed by atoms with E-state index in [2.05, 4.69) is 10.3 Å². The van der Waals surface area contributed by atoms with Crippen molar-refractivity contribution in [3.05, 3.63) is 47.0 Å². The lowest BCUT2D eigenvalue weighted by molar-refractivity contribution is -0.143. The monoisotopic (exact) mass is 373 g/mol. The van der Waals surface area contributed by atoms with Gasteiger partial charge in [0.2, 0.25) is 5.91 Å². The molecule has 0 fully saturated rings. The molecule has 0 aliphatic rings. The highest BCUT2D eigenvalue weighted by Gasteiger charge is 2.25. The molecule has 2 atom stereocenters. The Morgan fingerprint density at radius 1 is 1.30 bits per heavy atom. The van der Waals surface area contributed by atoms with Gasteiger partial charge in [0.15, 0.2) is 0 Å². The van der Waals surface area contributed by atoms with Crippen LogP contribution in [0.3, 0.4) is 0 Å². The molecule has 0 spiro atoms. The predicted octanol–water partition coefficient (Wildman–Crippen LogP) is 1.53. The largest absolute Gasteiger partial charge is 0.497 e. The van der Waals surface area contributed by atoms with Crippen LogP contribution in [-0.4, -0.2) is 39.7 Å². The molecule has 0 aliphatic heterocycles. The van der Waals surface area contributed by atoms with Crippen LogP contribution in [0.25, 0.3) is 11.3 Å². The van der Waals surface area contributed by atoms with Crippen LogP contribution in [0.2, 0.25) is 0 Å². The fourth-order valence-electron chi connectivity index (χ4n) is 2.53. The second-order valence-electron chi connectivity index (χ2n) is 6.24. The van der Waals surface area contributed by atoms with Crippen LogP contribution in [-0.2, 0) is 16.1 Å². The Kier molecular flexibility index (Phi) is 6.70. The number of nitrogens with one attached hydrogen (secondary N) is 1. The van der Waals surface area contributed by atoms with Crippen LogP contribution in [0.15, 0.2) is 41.5 Å². The zero-order valence-corrected chi connectivity index (χ0v) is 15.5. The Morgan fingerprint density at radius 3 is 2.52 bits per heavy atom. The predicted molar refractivity (Wildman–Crippen MR) is 99.5 cm³/mol. The summed E-state index contributed by atoms with van der Waals surface area (Å²) in [6.07, 6.45) is 3.22. The van der Waals surface area contributed by atoms with Crippen molar-refractivity contribution in [2.24, 2.45) is 5.92 Å². The van der Waals surface area contributed by atoms with E-state index in [9.17, 15) is 19.5 Å². The number of carboxylic acid groups (broad SMARTS) is 1. The Balaban J connectivity index is 2.19. The lowest BCUT2D eigenvalue weighted by Gasteiger charge is -2.20. The van der Waals surface area contributed by atoms with E-state index >= 15 is 0 Å². The molecule has 8 nitrogen and oxygen atoms in total. The molecule has 0 saturated carbocycles. The number of benzene rings is 1. The maximum absolute atomic E-state index is 12.3. The molecule has 0 bridgehead atoms. The number of nitrogens with zero attached hydrogens (tertiary/aromatic N) is 2. The van der Waals surface area contributed by atoms with Crippen molar-refractivity contribution < 1.29 is 19.4 Å². The van der Waals surface area contributed by atoms with Crippen LogP contribution in [0.1, 0.15) is 20.3 Å². The van der Waals surface area contributed by atoms with Gasteiger partial charge < -0.3 is 19.7 Å². The summed E-state index contributed by atoms with van der Waals surface area (Å²) in [6, 6.07) is 6.12. The number of rotatable bonds is 8. The smallest absolute Gasteiger partial charge is 0.326 e. The summed E-state index contributed by atoms with van der Waals surface area (Å²) < 4.78 is 6.31. The quantitative estimate of drug-likeness (QED) is 0.726. The number of hydrogen-bond donors (Lipinski definition) is 2. The van der Waals surface area contributed by atoms with Crippen LogP contribution < -0.4 is 15.6 Å². The summed E-state index contributed by atoms with van der Waals surface area (Å²) in [5.74, 6) is -1.18. The molecule has 0 radical (unpaired) electrons. The summed E-state index contributed by atoms with van der Waals surface area (Å²) in [6.45, 7) is 3.31. The van der Waals surface area contributed by atoms with Crippen LogP contribution >= 0.6 is 0 Å². The van der Waals surface area contributed by atoms with Gasteiger partial charge in [-0.2, -0.15) is 0 Å². The van der Waals surface area contributed by atoms with Crippen molar-refractivity contribution in [2.45, 2.75) is 32.9 Å². The Hall–Kier alpha value is -3.16. The molecule has 144 valence electrons. The van der Waals surface area contributed by atoms with Crippen molar-refractivity contribution in [1.29, 1.82) is 0 Å². The van der Waals surface area contributed by atoms with Crippen molar-refractivity contribution in [2.75, 3.05) is 7.11 Å². The van der Waals surface area contributed by atoms with E-state index in [1.807, 2.05) is 6.92 Å². The highest BCUT2D eigenvalue weighted by Crippen LogP contribution is 2.19. The summed E-state index contributed by atoms with van der Waals surface area (Å²) in [5, 5.41) is 11.8. The minimum atomic E-state index is -1.10. The maximum atomic E-state index is 12.3. The van der Waals surface area contributed by atoms with Crippen LogP contribution in [0.4, 0.5) is 0 Å². The minimum absolute atomic E-state index is 0.226. The molecular formula is C19H23N3O5. The topological polar surface area (TPSA) is 111 Å². The second kappa shape index (κ2) is 8.98. The number of aromatic nitrogens is 2. The number of hydrogen-bond acceptors (Lipinski definition) is 5. The van der Waals surface area contributed by atoms with Crippen molar-refractivity contribution in [3.8, 4) is 17.0 Å². The van der Waals surface area contributed by atoms with Crippen molar-refractivity contribution >= 4 is 11.9 Å². The molecule has 2 N–H and O–H groups in total. The minimum Gasteiger partial charge on any atom is -0.497 e. The highest BCUT2D eigenvalue weighted by molar-refractivity contribution is 5.83. The molecule has 1 amide bonds. The molecule has 0 unspecified atom stereocenters. The van der Waals surface area contributed by atoms with E-state index in [1.165, 1.54) is 10.8 Å². The normalized spacial score (nSPS) is 12.9. The lowest BCUT2D eigenvalue weighted by atomic mass is 9.99. The maximum Gasteiger partial charge on any atom is 0.326 e. The van der Waals surface area contributed by atoms with Gasteiger partial charge in [0.05, 0.1) is 19.0 Å². The molecule has 0 saturated heterocycles. The van der Waals surface area contributed by atoms with E-state index in [1.54, 1.807) is 38.3 Å². The zero-order chi connectivity index (χ0) is 20.0. The first-order valence-corrected chi connectivity index (χ1v) is 8.58. The molecular weight excluding hydrogens is 350 g/mol. The third kappa shape index (κ3) is 5.16. The number of carboxylic acids is 1. The molecule has 0 aliphatic carbocycles. The Bertz CT molecular complexity index is 860. The average molecular weight is 373 g/mol. The first kappa shape index (κ1) is 20.2. The molecule has 27 heavy (non-hydrogen) atoms. The average Bonchev–Trinajstić information content (AvgIpc) is 2.67. The SMILES string of the molecule is CC[C@@H](C)[C@@H](NC(=O)Cn1cc(-c2ccc(OC)cc2)ncc1=O)C(=O)O. The van der Waals surface area contributed by atoms with Crippen molar-refractivity contribution in [3.63, 3.8) is 0 Å². The second-order valence-corrected chi connectivity index (χ2v) is 6.24. The molecule has 8 heteroatoms. The number of amides is 1.